The summed E-state index contributed by atoms with van der Waals surface area (Å²) in [6, 6.07) is 0. The van der Waals surface area contributed by atoms with Crippen LogP contribution in [0, 0.1) is 0 Å². The molecule has 0 aromatic heterocycles. The molecule has 0 spiro atoms. The minimum atomic E-state index is 0.281. The molecule has 0 saturated heterocycles. The van der Waals surface area contributed by atoms with Gasteiger partial charge in [-0.25, -0.2) is 0 Å². The van der Waals surface area contributed by atoms with E-state index in [-0.39, 0.29) is 7.92 Å². The fourth-order valence-corrected chi connectivity index (χ4v) is 1.42. The Kier molecular flexibility index (Phi) is 2.98. The van der Waals surface area contributed by atoms with Gasteiger partial charge in [-0.05, 0) is 18.0 Å². The summed E-state index contributed by atoms with van der Waals surface area (Å²) in [6.07, 6.45) is 1.36. The summed E-state index contributed by atoms with van der Waals surface area (Å²) in [6.45, 7) is 11.6. The Bertz CT molecular complexity index is 61.3. The van der Waals surface area contributed by atoms with E-state index in [1.165, 1.54) is 6.16 Å². The van der Waals surface area contributed by atoms with Gasteiger partial charge in [0.15, 0.2) is 0 Å². The van der Waals surface area contributed by atoms with Crippen molar-refractivity contribution in [1.82, 2.24) is 0 Å². The van der Waals surface area contributed by atoms with Gasteiger partial charge in [0.2, 0.25) is 0 Å². The highest BCUT2D eigenvalue weighted by molar-refractivity contribution is 7.58. The molecule has 0 amide bonds. The largest absolute Gasteiger partial charge is 0.105 e. The van der Waals surface area contributed by atoms with Crippen molar-refractivity contribution in [3.05, 3.63) is 0 Å². The predicted molar refractivity (Wildman–Crippen MR) is 43.1 cm³/mol. The lowest BCUT2D eigenvalue weighted by atomic mass is 10.3. The molecular formula is C7H17P. The molecule has 0 radical (unpaired) electrons. The molecule has 0 bridgehead atoms. The molecular weight excluding hydrogens is 115 g/mol. The van der Waals surface area contributed by atoms with Gasteiger partial charge in [-0.2, -0.15) is 0 Å². The van der Waals surface area contributed by atoms with E-state index in [4.69, 9.17) is 0 Å². The Balaban J connectivity index is 3.62. The second-order valence-corrected chi connectivity index (χ2v) is 6.55. The molecule has 50 valence electrons. The van der Waals surface area contributed by atoms with E-state index >= 15 is 0 Å². The first kappa shape index (κ1) is 8.43. The summed E-state index contributed by atoms with van der Waals surface area (Å²) in [4.78, 5) is 0. The molecule has 1 heteroatoms. The molecule has 0 heterocycles. The topological polar surface area (TPSA) is 0 Å². The van der Waals surface area contributed by atoms with Gasteiger partial charge >= 0.3 is 0 Å². The zero-order valence-electron chi connectivity index (χ0n) is 6.65. The first-order valence-corrected chi connectivity index (χ1v) is 5.17. The van der Waals surface area contributed by atoms with E-state index < -0.39 is 0 Å². The summed E-state index contributed by atoms with van der Waals surface area (Å²) in [5.74, 6) is 0. The van der Waals surface area contributed by atoms with Crippen molar-refractivity contribution in [3.63, 3.8) is 0 Å². The molecule has 0 saturated carbocycles. The Labute approximate surface area is 54.4 Å². The van der Waals surface area contributed by atoms with Crippen molar-refractivity contribution in [2.24, 2.45) is 0 Å². The third-order valence-corrected chi connectivity index (χ3v) is 4.86. The maximum Gasteiger partial charge on any atom is -0.0182 e. The normalized spacial score (nSPS) is 16.1. The highest BCUT2D eigenvalue weighted by atomic mass is 31.1. The fraction of sp³-hybridized carbons (Fsp3) is 1.00. The van der Waals surface area contributed by atoms with E-state index in [0.29, 0.717) is 5.16 Å². The zero-order chi connectivity index (χ0) is 6.78. The van der Waals surface area contributed by atoms with Crippen LogP contribution < -0.4 is 0 Å². The van der Waals surface area contributed by atoms with E-state index in [9.17, 15) is 0 Å². The first-order valence-electron chi connectivity index (χ1n) is 3.19. The van der Waals surface area contributed by atoms with Crippen molar-refractivity contribution in [1.29, 1.82) is 0 Å². The van der Waals surface area contributed by atoms with Crippen LogP contribution in [0.15, 0.2) is 0 Å². The molecule has 0 aromatic carbocycles. The molecule has 1 unspecified atom stereocenters. The van der Waals surface area contributed by atoms with Crippen LogP contribution in [-0.4, -0.2) is 18.0 Å². The van der Waals surface area contributed by atoms with Gasteiger partial charge in [0.1, 0.15) is 0 Å². The Morgan fingerprint density at radius 1 is 1.25 bits per heavy atom. The van der Waals surface area contributed by atoms with Crippen LogP contribution in [0.3, 0.4) is 0 Å². The van der Waals surface area contributed by atoms with Crippen molar-refractivity contribution < 1.29 is 0 Å². The smallest absolute Gasteiger partial charge is 0.0182 e. The van der Waals surface area contributed by atoms with Crippen LogP contribution in [-0.2, 0) is 0 Å². The first-order chi connectivity index (χ1) is 3.48. The van der Waals surface area contributed by atoms with Gasteiger partial charge in [0.25, 0.3) is 0 Å². The SMILES string of the molecule is CCP(C)C(C)(C)C. The maximum atomic E-state index is 2.37. The van der Waals surface area contributed by atoms with Crippen molar-refractivity contribution in [2.45, 2.75) is 32.9 Å². The fourth-order valence-electron chi connectivity index (χ4n) is 0.474. The van der Waals surface area contributed by atoms with Crippen LogP contribution in [0.5, 0.6) is 0 Å². The standard InChI is InChI=1S/C7H17P/c1-6-8(5)7(2,3)4/h6H2,1-5H3. The average molecular weight is 132 g/mol. The second kappa shape index (κ2) is 2.82. The van der Waals surface area contributed by atoms with Gasteiger partial charge < -0.3 is 0 Å². The number of rotatable bonds is 1. The van der Waals surface area contributed by atoms with Crippen molar-refractivity contribution in [2.75, 3.05) is 12.8 Å². The van der Waals surface area contributed by atoms with Gasteiger partial charge in [-0.1, -0.05) is 27.7 Å². The number of hydrogen-bond donors (Lipinski definition) is 0. The lowest BCUT2D eigenvalue weighted by molar-refractivity contribution is 0.784. The lowest BCUT2D eigenvalue weighted by Gasteiger charge is -2.26. The van der Waals surface area contributed by atoms with Crippen LogP contribution in [0.1, 0.15) is 27.7 Å². The molecule has 8 heavy (non-hydrogen) atoms. The Morgan fingerprint density at radius 2 is 1.62 bits per heavy atom. The van der Waals surface area contributed by atoms with E-state index in [1.54, 1.807) is 0 Å². The summed E-state index contributed by atoms with van der Waals surface area (Å²) in [5.41, 5.74) is 0. The molecule has 0 nitrogen and oxygen atoms in total. The summed E-state index contributed by atoms with van der Waals surface area (Å²) in [5, 5.41) is 0.573. The molecule has 0 fully saturated rings. The number of hydrogen-bond acceptors (Lipinski definition) is 0. The molecule has 1 atom stereocenters. The Morgan fingerprint density at radius 3 is 1.62 bits per heavy atom. The van der Waals surface area contributed by atoms with Crippen molar-refractivity contribution in [3.8, 4) is 0 Å². The van der Waals surface area contributed by atoms with Gasteiger partial charge in [0.05, 0.1) is 0 Å². The second-order valence-electron chi connectivity index (χ2n) is 3.18. The summed E-state index contributed by atoms with van der Waals surface area (Å²) >= 11 is 0. The van der Waals surface area contributed by atoms with E-state index in [0.717, 1.165) is 0 Å². The van der Waals surface area contributed by atoms with Gasteiger partial charge in [-0.15, -0.1) is 7.92 Å². The quantitative estimate of drug-likeness (QED) is 0.481. The minimum Gasteiger partial charge on any atom is -0.105 e. The summed E-state index contributed by atoms with van der Waals surface area (Å²) in [7, 11) is 0.281. The third-order valence-electron chi connectivity index (χ3n) is 1.62. The van der Waals surface area contributed by atoms with Crippen molar-refractivity contribution >= 4 is 7.92 Å². The van der Waals surface area contributed by atoms with Gasteiger partial charge in [0, 0.05) is 0 Å². The molecule has 0 aliphatic rings. The molecule has 0 aliphatic heterocycles. The molecule has 0 aliphatic carbocycles. The monoisotopic (exact) mass is 132 g/mol. The van der Waals surface area contributed by atoms with Gasteiger partial charge in [-0.3, -0.25) is 0 Å². The third kappa shape index (κ3) is 2.67. The zero-order valence-corrected chi connectivity index (χ0v) is 7.55. The lowest BCUT2D eigenvalue weighted by Crippen LogP contribution is -2.11. The van der Waals surface area contributed by atoms with E-state index in [1.807, 2.05) is 0 Å². The maximum absolute atomic E-state index is 2.37. The minimum absolute atomic E-state index is 0.281. The molecule has 0 N–H and O–H groups in total. The Hall–Kier alpha value is 0.430. The summed E-state index contributed by atoms with van der Waals surface area (Å²) < 4.78 is 0. The highest BCUT2D eigenvalue weighted by Crippen LogP contribution is 2.44. The van der Waals surface area contributed by atoms with Crippen LogP contribution in [0.2, 0.25) is 0 Å². The van der Waals surface area contributed by atoms with Crippen LogP contribution in [0.25, 0.3) is 0 Å². The predicted octanol–water partition coefficient (Wildman–Crippen LogP) is 2.92. The van der Waals surface area contributed by atoms with Crippen LogP contribution in [0.4, 0.5) is 0 Å². The molecule has 0 rings (SSSR count). The average Bonchev–Trinajstić information content (AvgIpc) is 1.62. The van der Waals surface area contributed by atoms with E-state index in [2.05, 4.69) is 34.4 Å². The highest BCUT2D eigenvalue weighted by Gasteiger charge is 2.16. The van der Waals surface area contributed by atoms with Crippen LogP contribution >= 0.6 is 7.92 Å². The molecule has 0 aromatic rings.